The average molecular weight is 256 g/mol. The van der Waals surface area contributed by atoms with Crippen LogP contribution < -0.4 is 11.1 Å². The quantitative estimate of drug-likeness (QED) is 0.823. The number of benzene rings is 2. The van der Waals surface area contributed by atoms with Crippen molar-refractivity contribution < 1.29 is 0 Å². The van der Waals surface area contributed by atoms with Crippen LogP contribution in [0, 0.1) is 13.8 Å². The first-order valence-corrected chi connectivity index (χ1v) is 6.21. The molecule has 0 aliphatic heterocycles. The van der Waals surface area contributed by atoms with Gasteiger partial charge in [0.25, 0.3) is 0 Å². The van der Waals surface area contributed by atoms with Gasteiger partial charge in [-0.15, -0.1) is 0 Å². The number of rotatable bonds is 3. The van der Waals surface area contributed by atoms with E-state index in [0.29, 0.717) is 4.99 Å². The predicted octanol–water partition coefficient (Wildman–Crippen LogP) is 3.68. The highest BCUT2D eigenvalue weighted by Gasteiger charge is 2.00. The fourth-order valence-electron chi connectivity index (χ4n) is 1.83. The first-order valence-electron chi connectivity index (χ1n) is 5.80. The lowest BCUT2D eigenvalue weighted by molar-refractivity contribution is 1.37. The van der Waals surface area contributed by atoms with Crippen molar-refractivity contribution in [2.45, 2.75) is 13.8 Å². The van der Waals surface area contributed by atoms with Gasteiger partial charge in [0.1, 0.15) is 4.99 Å². The molecular weight excluding hydrogens is 240 g/mol. The van der Waals surface area contributed by atoms with E-state index in [0.717, 1.165) is 16.9 Å². The normalized spacial score (nSPS) is 10.1. The van der Waals surface area contributed by atoms with Crippen molar-refractivity contribution in [1.29, 1.82) is 0 Å². The maximum atomic E-state index is 5.57. The topological polar surface area (TPSA) is 38.0 Å². The van der Waals surface area contributed by atoms with Gasteiger partial charge in [-0.3, -0.25) is 0 Å². The monoisotopic (exact) mass is 256 g/mol. The molecule has 0 aliphatic carbocycles. The first-order chi connectivity index (χ1) is 8.56. The van der Waals surface area contributed by atoms with Crippen LogP contribution >= 0.6 is 12.2 Å². The van der Waals surface area contributed by atoms with E-state index in [1.807, 2.05) is 24.3 Å². The number of aryl methyl sites for hydroxylation is 2. The molecule has 0 heterocycles. The number of nitrogens with two attached hydrogens (primary N) is 1. The summed E-state index contributed by atoms with van der Waals surface area (Å²) in [6.45, 7) is 4.19. The minimum Gasteiger partial charge on any atom is -0.389 e. The van der Waals surface area contributed by atoms with Crippen molar-refractivity contribution in [1.82, 2.24) is 0 Å². The van der Waals surface area contributed by atoms with Crippen molar-refractivity contribution in [3.8, 4) is 0 Å². The summed E-state index contributed by atoms with van der Waals surface area (Å²) >= 11 is 4.93. The molecule has 0 saturated heterocycles. The minimum absolute atomic E-state index is 0.424. The SMILES string of the molecule is Cc1ccc(Nc2ccc(C(N)=S)cc2)c(C)c1. The van der Waals surface area contributed by atoms with E-state index >= 15 is 0 Å². The minimum atomic E-state index is 0.424. The van der Waals surface area contributed by atoms with Gasteiger partial charge in [-0.05, 0) is 49.7 Å². The second-order valence-electron chi connectivity index (χ2n) is 4.38. The van der Waals surface area contributed by atoms with Crippen LogP contribution in [0.25, 0.3) is 0 Å². The van der Waals surface area contributed by atoms with Crippen LogP contribution in [-0.2, 0) is 0 Å². The third kappa shape index (κ3) is 2.87. The van der Waals surface area contributed by atoms with Crippen LogP contribution in [0.15, 0.2) is 42.5 Å². The number of thiocarbonyl (C=S) groups is 1. The van der Waals surface area contributed by atoms with Crippen molar-refractivity contribution in [3.63, 3.8) is 0 Å². The smallest absolute Gasteiger partial charge is 0.103 e. The molecule has 2 aromatic carbocycles. The van der Waals surface area contributed by atoms with Gasteiger partial charge in [-0.1, -0.05) is 29.9 Å². The third-order valence-electron chi connectivity index (χ3n) is 2.83. The fraction of sp³-hybridized carbons (Fsp3) is 0.133. The van der Waals surface area contributed by atoms with Crippen LogP contribution in [0.5, 0.6) is 0 Å². The molecule has 0 unspecified atom stereocenters. The predicted molar refractivity (Wildman–Crippen MR) is 81.5 cm³/mol. The molecular formula is C15H16N2S. The summed E-state index contributed by atoms with van der Waals surface area (Å²) in [5, 5.41) is 3.38. The molecule has 18 heavy (non-hydrogen) atoms. The lowest BCUT2D eigenvalue weighted by atomic mass is 10.1. The summed E-state index contributed by atoms with van der Waals surface area (Å²) in [4.78, 5) is 0.424. The summed E-state index contributed by atoms with van der Waals surface area (Å²) < 4.78 is 0. The summed E-state index contributed by atoms with van der Waals surface area (Å²) in [6.07, 6.45) is 0. The molecule has 0 spiro atoms. The number of hydrogen-bond donors (Lipinski definition) is 2. The van der Waals surface area contributed by atoms with Gasteiger partial charge in [0, 0.05) is 16.9 Å². The zero-order chi connectivity index (χ0) is 13.1. The molecule has 0 aromatic heterocycles. The Kier molecular flexibility index (Phi) is 3.63. The summed E-state index contributed by atoms with van der Waals surface area (Å²) in [5.41, 5.74) is 11.1. The lowest BCUT2D eigenvalue weighted by Crippen LogP contribution is -2.08. The molecule has 0 amide bonds. The van der Waals surface area contributed by atoms with E-state index in [-0.39, 0.29) is 0 Å². The van der Waals surface area contributed by atoms with Crippen LogP contribution in [0.2, 0.25) is 0 Å². The maximum Gasteiger partial charge on any atom is 0.103 e. The average Bonchev–Trinajstić information content (AvgIpc) is 2.33. The second-order valence-corrected chi connectivity index (χ2v) is 4.82. The van der Waals surface area contributed by atoms with E-state index in [4.69, 9.17) is 18.0 Å². The van der Waals surface area contributed by atoms with Crippen molar-refractivity contribution >= 4 is 28.6 Å². The summed E-state index contributed by atoms with van der Waals surface area (Å²) in [7, 11) is 0. The molecule has 2 rings (SSSR count). The van der Waals surface area contributed by atoms with Crippen LogP contribution in [0.1, 0.15) is 16.7 Å². The van der Waals surface area contributed by atoms with E-state index in [2.05, 4.69) is 37.4 Å². The van der Waals surface area contributed by atoms with Crippen LogP contribution in [0.4, 0.5) is 11.4 Å². The Morgan fingerprint density at radius 3 is 2.28 bits per heavy atom. The highest BCUT2D eigenvalue weighted by atomic mass is 32.1. The highest BCUT2D eigenvalue weighted by Crippen LogP contribution is 2.21. The molecule has 2 nitrogen and oxygen atoms in total. The van der Waals surface area contributed by atoms with Crippen molar-refractivity contribution in [3.05, 3.63) is 59.2 Å². The number of hydrogen-bond acceptors (Lipinski definition) is 2. The molecule has 92 valence electrons. The Hall–Kier alpha value is -1.87. The number of nitrogens with one attached hydrogen (secondary N) is 1. The molecule has 3 heteroatoms. The Bertz CT molecular complexity index is 574. The van der Waals surface area contributed by atoms with Gasteiger partial charge in [-0.25, -0.2) is 0 Å². The van der Waals surface area contributed by atoms with Crippen molar-refractivity contribution in [2.75, 3.05) is 5.32 Å². The Labute approximate surface area is 113 Å². The molecule has 2 aromatic rings. The van der Waals surface area contributed by atoms with Gasteiger partial charge in [0.2, 0.25) is 0 Å². The largest absolute Gasteiger partial charge is 0.389 e. The van der Waals surface area contributed by atoms with E-state index in [1.54, 1.807) is 0 Å². The lowest BCUT2D eigenvalue weighted by Gasteiger charge is -2.10. The van der Waals surface area contributed by atoms with Gasteiger partial charge in [0.15, 0.2) is 0 Å². The Morgan fingerprint density at radius 1 is 1.06 bits per heavy atom. The summed E-state index contributed by atoms with van der Waals surface area (Å²) in [5.74, 6) is 0. The zero-order valence-electron chi connectivity index (χ0n) is 10.5. The molecule has 3 N–H and O–H groups in total. The maximum absolute atomic E-state index is 5.57. The van der Waals surface area contributed by atoms with E-state index < -0.39 is 0 Å². The van der Waals surface area contributed by atoms with Gasteiger partial charge in [0.05, 0.1) is 0 Å². The van der Waals surface area contributed by atoms with E-state index in [1.165, 1.54) is 11.1 Å². The van der Waals surface area contributed by atoms with Gasteiger partial charge >= 0.3 is 0 Å². The Morgan fingerprint density at radius 2 is 1.72 bits per heavy atom. The van der Waals surface area contributed by atoms with Gasteiger partial charge in [-0.2, -0.15) is 0 Å². The molecule has 0 atom stereocenters. The number of anilines is 2. The van der Waals surface area contributed by atoms with Gasteiger partial charge < -0.3 is 11.1 Å². The standard InChI is InChI=1S/C15H16N2S/c1-10-3-8-14(11(2)9-10)17-13-6-4-12(5-7-13)15(16)18/h3-9,17H,1-2H3,(H2,16,18). The van der Waals surface area contributed by atoms with Crippen LogP contribution in [0.3, 0.4) is 0 Å². The van der Waals surface area contributed by atoms with Crippen LogP contribution in [-0.4, -0.2) is 4.99 Å². The summed E-state index contributed by atoms with van der Waals surface area (Å²) in [6, 6.07) is 14.2. The molecule has 0 aliphatic rings. The second kappa shape index (κ2) is 5.19. The van der Waals surface area contributed by atoms with E-state index in [9.17, 15) is 0 Å². The molecule has 0 radical (unpaired) electrons. The fourth-order valence-corrected chi connectivity index (χ4v) is 1.96. The molecule has 0 fully saturated rings. The zero-order valence-corrected chi connectivity index (χ0v) is 11.3. The molecule has 0 bridgehead atoms. The highest BCUT2D eigenvalue weighted by molar-refractivity contribution is 7.80. The molecule has 0 saturated carbocycles. The van der Waals surface area contributed by atoms with Crippen molar-refractivity contribution in [2.24, 2.45) is 5.73 Å². The third-order valence-corrected chi connectivity index (χ3v) is 3.07. The Balaban J connectivity index is 2.21. The first kappa shape index (κ1) is 12.6.